The summed E-state index contributed by atoms with van der Waals surface area (Å²) in [6.07, 6.45) is 1.80. The van der Waals surface area contributed by atoms with Crippen molar-refractivity contribution in [3.63, 3.8) is 0 Å². The second-order valence-electron chi connectivity index (χ2n) is 6.62. The van der Waals surface area contributed by atoms with Crippen molar-refractivity contribution in [1.29, 1.82) is 0 Å². The zero-order valence-electron chi connectivity index (χ0n) is 15.4. The van der Waals surface area contributed by atoms with Crippen molar-refractivity contribution in [2.45, 2.75) is 25.8 Å². The highest BCUT2D eigenvalue weighted by atomic mass is 16.5. The van der Waals surface area contributed by atoms with Gasteiger partial charge < -0.3 is 15.0 Å². The minimum absolute atomic E-state index is 0.0352. The van der Waals surface area contributed by atoms with Gasteiger partial charge in [-0.1, -0.05) is 18.2 Å². The fourth-order valence-electron chi connectivity index (χ4n) is 3.14. The number of para-hydroxylation sites is 1. The number of carbonyl (C=O) groups is 2. The van der Waals surface area contributed by atoms with Crippen LogP contribution in [0.3, 0.4) is 0 Å². The van der Waals surface area contributed by atoms with Crippen molar-refractivity contribution in [2.75, 3.05) is 45.7 Å². The first-order chi connectivity index (χ1) is 12.0. The Morgan fingerprint density at radius 2 is 2.08 bits per heavy atom. The third-order valence-corrected chi connectivity index (χ3v) is 4.78. The first kappa shape index (κ1) is 19.4. The minimum Gasteiger partial charge on any atom is -0.383 e. The molecule has 25 heavy (non-hydrogen) atoms. The molecular formula is C19H29N3O3. The summed E-state index contributed by atoms with van der Waals surface area (Å²) in [5.74, 6) is 0.0482. The average molecular weight is 347 g/mol. The Hall–Kier alpha value is -1.92. The Balaban J connectivity index is 1.90. The maximum absolute atomic E-state index is 12.6. The number of nitrogens with zero attached hydrogens (tertiary/aromatic N) is 2. The van der Waals surface area contributed by atoms with Crippen LogP contribution in [0.2, 0.25) is 0 Å². The number of hydrogen-bond acceptors (Lipinski definition) is 4. The lowest BCUT2D eigenvalue weighted by atomic mass is 9.95. The number of benzene rings is 1. The molecule has 1 aromatic carbocycles. The van der Waals surface area contributed by atoms with E-state index >= 15 is 0 Å². The van der Waals surface area contributed by atoms with E-state index in [0.717, 1.165) is 25.1 Å². The van der Waals surface area contributed by atoms with Crippen LogP contribution in [0.4, 0.5) is 5.69 Å². The SMILES string of the molecule is COCCN(C)C(=O)[C@H]1CCCN([C@@H](C)C(=O)Nc2ccccc2)C1. The lowest BCUT2D eigenvalue weighted by molar-refractivity contribution is -0.137. The maximum atomic E-state index is 12.6. The number of carbonyl (C=O) groups excluding carboxylic acids is 2. The monoisotopic (exact) mass is 347 g/mol. The van der Waals surface area contributed by atoms with Crippen LogP contribution >= 0.6 is 0 Å². The second kappa shape index (κ2) is 9.53. The van der Waals surface area contributed by atoms with Crippen LogP contribution in [0, 0.1) is 5.92 Å². The molecule has 1 saturated heterocycles. The van der Waals surface area contributed by atoms with Gasteiger partial charge in [0.05, 0.1) is 18.6 Å². The van der Waals surface area contributed by atoms with Crippen molar-refractivity contribution in [3.8, 4) is 0 Å². The van der Waals surface area contributed by atoms with Gasteiger partial charge in [0.15, 0.2) is 0 Å². The smallest absolute Gasteiger partial charge is 0.241 e. The fraction of sp³-hybridized carbons (Fsp3) is 0.579. The molecule has 2 amide bonds. The van der Waals surface area contributed by atoms with Crippen molar-refractivity contribution in [1.82, 2.24) is 9.80 Å². The average Bonchev–Trinajstić information content (AvgIpc) is 2.65. The molecule has 1 heterocycles. The molecule has 1 fully saturated rings. The molecule has 1 aliphatic rings. The van der Waals surface area contributed by atoms with E-state index in [1.807, 2.05) is 44.3 Å². The fourth-order valence-corrected chi connectivity index (χ4v) is 3.14. The molecule has 0 saturated carbocycles. The number of anilines is 1. The number of amides is 2. The summed E-state index contributed by atoms with van der Waals surface area (Å²) < 4.78 is 5.04. The molecule has 0 bridgehead atoms. The minimum atomic E-state index is -0.264. The molecule has 6 heteroatoms. The van der Waals surface area contributed by atoms with E-state index in [-0.39, 0.29) is 23.8 Å². The van der Waals surface area contributed by atoms with Gasteiger partial charge in [-0.3, -0.25) is 14.5 Å². The molecular weight excluding hydrogens is 318 g/mol. The topological polar surface area (TPSA) is 61.9 Å². The quantitative estimate of drug-likeness (QED) is 0.817. The summed E-state index contributed by atoms with van der Waals surface area (Å²) >= 11 is 0. The summed E-state index contributed by atoms with van der Waals surface area (Å²) in [6.45, 7) is 4.50. The second-order valence-corrected chi connectivity index (χ2v) is 6.62. The van der Waals surface area contributed by atoms with Gasteiger partial charge >= 0.3 is 0 Å². The number of likely N-dealkylation sites (N-methyl/N-ethyl adjacent to an activating group) is 1. The van der Waals surface area contributed by atoms with Crippen molar-refractivity contribution >= 4 is 17.5 Å². The van der Waals surface area contributed by atoms with Gasteiger partial charge in [-0.05, 0) is 38.4 Å². The zero-order chi connectivity index (χ0) is 18.2. The van der Waals surface area contributed by atoms with Crippen LogP contribution in [0.15, 0.2) is 30.3 Å². The molecule has 0 aromatic heterocycles. The number of likely N-dealkylation sites (tertiary alicyclic amines) is 1. The van der Waals surface area contributed by atoms with E-state index < -0.39 is 0 Å². The predicted molar refractivity (Wildman–Crippen MR) is 98.3 cm³/mol. The Kier molecular flexibility index (Phi) is 7.40. The van der Waals surface area contributed by atoms with E-state index in [0.29, 0.717) is 19.7 Å². The number of hydrogen-bond donors (Lipinski definition) is 1. The van der Waals surface area contributed by atoms with Crippen LogP contribution in [0.1, 0.15) is 19.8 Å². The van der Waals surface area contributed by atoms with Gasteiger partial charge in [-0.2, -0.15) is 0 Å². The van der Waals surface area contributed by atoms with Crippen LogP contribution in [-0.4, -0.2) is 68.1 Å². The van der Waals surface area contributed by atoms with Gasteiger partial charge in [-0.15, -0.1) is 0 Å². The molecule has 0 radical (unpaired) electrons. The third-order valence-electron chi connectivity index (χ3n) is 4.78. The molecule has 1 N–H and O–H groups in total. The largest absolute Gasteiger partial charge is 0.383 e. The van der Waals surface area contributed by atoms with Crippen molar-refractivity contribution in [3.05, 3.63) is 30.3 Å². The number of piperidine rings is 1. The molecule has 138 valence electrons. The summed E-state index contributed by atoms with van der Waals surface area (Å²) in [5.41, 5.74) is 0.795. The number of methoxy groups -OCH3 is 1. The van der Waals surface area contributed by atoms with E-state index in [4.69, 9.17) is 4.74 Å². The van der Waals surface area contributed by atoms with Crippen molar-refractivity contribution in [2.24, 2.45) is 5.92 Å². The zero-order valence-corrected chi connectivity index (χ0v) is 15.4. The summed E-state index contributed by atoms with van der Waals surface area (Å²) in [6, 6.07) is 9.19. The number of rotatable bonds is 7. The highest BCUT2D eigenvalue weighted by Crippen LogP contribution is 2.21. The van der Waals surface area contributed by atoms with Crippen LogP contribution in [-0.2, 0) is 14.3 Å². The maximum Gasteiger partial charge on any atom is 0.241 e. The first-order valence-electron chi connectivity index (χ1n) is 8.86. The Bertz CT molecular complexity index is 564. The van der Waals surface area contributed by atoms with Gasteiger partial charge in [0.2, 0.25) is 11.8 Å². The van der Waals surface area contributed by atoms with Crippen molar-refractivity contribution < 1.29 is 14.3 Å². The van der Waals surface area contributed by atoms with E-state index in [1.165, 1.54) is 0 Å². The van der Waals surface area contributed by atoms with Gasteiger partial charge in [0, 0.05) is 32.9 Å². The first-order valence-corrected chi connectivity index (χ1v) is 8.86. The molecule has 6 nitrogen and oxygen atoms in total. The normalized spacial score (nSPS) is 19.2. The van der Waals surface area contributed by atoms with E-state index in [2.05, 4.69) is 10.2 Å². The highest BCUT2D eigenvalue weighted by molar-refractivity contribution is 5.94. The summed E-state index contributed by atoms with van der Waals surface area (Å²) in [5, 5.41) is 2.94. The standard InChI is InChI=1S/C19H29N3O3/c1-15(18(23)20-17-9-5-4-6-10-17)22-11-7-8-16(14-22)19(24)21(2)12-13-25-3/h4-6,9-10,15-16H,7-8,11-14H2,1-3H3,(H,20,23)/t15-,16-/m0/s1. The Morgan fingerprint density at radius 3 is 2.76 bits per heavy atom. The molecule has 2 atom stereocenters. The summed E-state index contributed by atoms with van der Waals surface area (Å²) in [4.78, 5) is 28.9. The molecule has 0 unspecified atom stereocenters. The third kappa shape index (κ3) is 5.54. The predicted octanol–water partition coefficient (Wildman–Crippen LogP) is 1.83. The Morgan fingerprint density at radius 1 is 1.36 bits per heavy atom. The molecule has 1 aliphatic heterocycles. The van der Waals surface area contributed by atoms with E-state index in [9.17, 15) is 9.59 Å². The molecule has 2 rings (SSSR count). The number of ether oxygens (including phenoxy) is 1. The van der Waals surface area contributed by atoms with Crippen LogP contribution in [0.25, 0.3) is 0 Å². The highest BCUT2D eigenvalue weighted by Gasteiger charge is 2.32. The number of nitrogens with one attached hydrogen (secondary N) is 1. The molecule has 0 spiro atoms. The molecule has 1 aromatic rings. The lowest BCUT2D eigenvalue weighted by Gasteiger charge is -2.36. The summed E-state index contributed by atoms with van der Waals surface area (Å²) in [7, 11) is 3.44. The Labute approximate surface area is 150 Å². The lowest BCUT2D eigenvalue weighted by Crippen LogP contribution is -2.50. The van der Waals surface area contributed by atoms with Crippen LogP contribution in [0.5, 0.6) is 0 Å². The van der Waals surface area contributed by atoms with Crippen LogP contribution < -0.4 is 5.32 Å². The van der Waals surface area contributed by atoms with Gasteiger partial charge in [0.25, 0.3) is 0 Å². The van der Waals surface area contributed by atoms with Gasteiger partial charge in [0.1, 0.15) is 0 Å². The van der Waals surface area contributed by atoms with E-state index in [1.54, 1.807) is 12.0 Å². The van der Waals surface area contributed by atoms with Gasteiger partial charge in [-0.25, -0.2) is 0 Å². The molecule has 0 aliphatic carbocycles.